The SMILES string of the molecule is COc1ccc(C(Cc2cccc(C)c2)C(=O)O)cc1C. The maximum absolute atomic E-state index is 11.6. The zero-order valence-electron chi connectivity index (χ0n) is 12.6. The van der Waals surface area contributed by atoms with Crippen LogP contribution in [0.1, 0.15) is 28.2 Å². The Hall–Kier alpha value is -2.29. The number of hydrogen-bond acceptors (Lipinski definition) is 2. The second-order valence-electron chi connectivity index (χ2n) is 5.31. The number of aliphatic carboxylic acids is 1. The third-order valence-corrected chi connectivity index (χ3v) is 3.64. The molecule has 2 aromatic carbocycles. The normalized spacial score (nSPS) is 12.0. The molecular weight excluding hydrogens is 264 g/mol. The summed E-state index contributed by atoms with van der Waals surface area (Å²) in [7, 11) is 1.61. The molecule has 0 bridgehead atoms. The number of aryl methyl sites for hydroxylation is 2. The van der Waals surface area contributed by atoms with Crippen molar-refractivity contribution in [2.24, 2.45) is 0 Å². The highest BCUT2D eigenvalue weighted by molar-refractivity contribution is 5.76. The molecule has 0 fully saturated rings. The molecular formula is C18H20O3. The molecule has 3 nitrogen and oxygen atoms in total. The summed E-state index contributed by atoms with van der Waals surface area (Å²) < 4.78 is 5.23. The highest BCUT2D eigenvalue weighted by Gasteiger charge is 2.21. The fourth-order valence-corrected chi connectivity index (χ4v) is 2.54. The Kier molecular flexibility index (Phi) is 4.63. The Morgan fingerprint density at radius 2 is 1.95 bits per heavy atom. The number of carbonyl (C=O) groups is 1. The molecule has 0 radical (unpaired) electrons. The second-order valence-corrected chi connectivity index (χ2v) is 5.31. The van der Waals surface area contributed by atoms with Crippen LogP contribution in [0, 0.1) is 13.8 Å². The summed E-state index contributed by atoms with van der Waals surface area (Å²) in [5.41, 5.74) is 3.94. The van der Waals surface area contributed by atoms with Gasteiger partial charge in [0.15, 0.2) is 0 Å². The number of benzene rings is 2. The van der Waals surface area contributed by atoms with E-state index in [1.54, 1.807) is 7.11 Å². The van der Waals surface area contributed by atoms with E-state index in [1.165, 1.54) is 0 Å². The summed E-state index contributed by atoms with van der Waals surface area (Å²) >= 11 is 0. The largest absolute Gasteiger partial charge is 0.496 e. The highest BCUT2D eigenvalue weighted by atomic mass is 16.5. The average molecular weight is 284 g/mol. The highest BCUT2D eigenvalue weighted by Crippen LogP contribution is 2.26. The van der Waals surface area contributed by atoms with Gasteiger partial charge in [0.05, 0.1) is 13.0 Å². The van der Waals surface area contributed by atoms with E-state index in [0.29, 0.717) is 6.42 Å². The van der Waals surface area contributed by atoms with Crippen LogP contribution in [0.5, 0.6) is 5.75 Å². The van der Waals surface area contributed by atoms with Crippen molar-refractivity contribution in [3.8, 4) is 5.75 Å². The first-order valence-corrected chi connectivity index (χ1v) is 6.94. The standard InChI is InChI=1S/C18H20O3/c1-12-5-4-6-14(9-12)11-16(18(19)20)15-7-8-17(21-3)13(2)10-15/h4-10,16H,11H2,1-3H3,(H,19,20). The van der Waals surface area contributed by atoms with Crippen molar-refractivity contribution in [1.82, 2.24) is 0 Å². The van der Waals surface area contributed by atoms with Gasteiger partial charge in [-0.3, -0.25) is 4.79 Å². The molecule has 2 aromatic rings. The Morgan fingerprint density at radius 1 is 1.19 bits per heavy atom. The van der Waals surface area contributed by atoms with Gasteiger partial charge in [0.2, 0.25) is 0 Å². The zero-order valence-corrected chi connectivity index (χ0v) is 12.6. The van der Waals surface area contributed by atoms with Crippen LogP contribution in [0.4, 0.5) is 0 Å². The minimum atomic E-state index is -0.805. The molecule has 0 spiro atoms. The predicted octanol–water partition coefficient (Wildman–Crippen LogP) is 3.72. The minimum Gasteiger partial charge on any atom is -0.496 e. The minimum absolute atomic E-state index is 0.489. The van der Waals surface area contributed by atoms with Crippen molar-refractivity contribution in [2.75, 3.05) is 7.11 Å². The van der Waals surface area contributed by atoms with Crippen molar-refractivity contribution in [2.45, 2.75) is 26.2 Å². The van der Waals surface area contributed by atoms with E-state index in [2.05, 4.69) is 0 Å². The van der Waals surface area contributed by atoms with E-state index in [-0.39, 0.29) is 0 Å². The van der Waals surface area contributed by atoms with Gasteiger partial charge in [-0.05, 0) is 43.0 Å². The first-order valence-electron chi connectivity index (χ1n) is 6.94. The third kappa shape index (κ3) is 3.63. The summed E-state index contributed by atoms with van der Waals surface area (Å²) in [4.78, 5) is 11.6. The van der Waals surface area contributed by atoms with E-state index < -0.39 is 11.9 Å². The fourth-order valence-electron chi connectivity index (χ4n) is 2.54. The molecule has 0 aliphatic carbocycles. The van der Waals surface area contributed by atoms with Gasteiger partial charge in [-0.1, -0.05) is 42.0 Å². The molecule has 0 saturated heterocycles. The zero-order chi connectivity index (χ0) is 15.4. The quantitative estimate of drug-likeness (QED) is 0.910. The molecule has 0 saturated carbocycles. The van der Waals surface area contributed by atoms with Crippen LogP contribution < -0.4 is 4.74 Å². The van der Waals surface area contributed by atoms with Crippen LogP contribution in [0.3, 0.4) is 0 Å². The molecule has 1 unspecified atom stereocenters. The topological polar surface area (TPSA) is 46.5 Å². The molecule has 0 aliphatic rings. The maximum atomic E-state index is 11.6. The van der Waals surface area contributed by atoms with E-state index >= 15 is 0 Å². The van der Waals surface area contributed by atoms with Crippen molar-refractivity contribution in [3.05, 3.63) is 64.7 Å². The van der Waals surface area contributed by atoms with Crippen LogP contribution in [0.2, 0.25) is 0 Å². The van der Waals surface area contributed by atoms with Crippen LogP contribution in [-0.4, -0.2) is 18.2 Å². The fraction of sp³-hybridized carbons (Fsp3) is 0.278. The lowest BCUT2D eigenvalue weighted by molar-refractivity contribution is -0.138. The first-order chi connectivity index (χ1) is 10.0. The lowest BCUT2D eigenvalue weighted by Gasteiger charge is -2.15. The summed E-state index contributed by atoms with van der Waals surface area (Å²) in [6, 6.07) is 13.5. The molecule has 0 heterocycles. The molecule has 0 amide bonds. The number of hydrogen-bond donors (Lipinski definition) is 1. The van der Waals surface area contributed by atoms with E-state index in [0.717, 1.165) is 28.0 Å². The molecule has 1 atom stereocenters. The van der Waals surface area contributed by atoms with Gasteiger partial charge in [0, 0.05) is 0 Å². The second kappa shape index (κ2) is 6.44. The smallest absolute Gasteiger partial charge is 0.311 e. The average Bonchev–Trinajstić information content (AvgIpc) is 2.44. The summed E-state index contributed by atoms with van der Waals surface area (Å²) in [5, 5.41) is 9.54. The Balaban J connectivity index is 2.31. The number of carboxylic acid groups (broad SMARTS) is 1. The summed E-state index contributed by atoms with van der Waals surface area (Å²) in [6.45, 7) is 3.94. The van der Waals surface area contributed by atoms with Gasteiger partial charge < -0.3 is 9.84 Å². The lowest BCUT2D eigenvalue weighted by Crippen LogP contribution is -2.14. The molecule has 0 aliphatic heterocycles. The maximum Gasteiger partial charge on any atom is 0.311 e. The van der Waals surface area contributed by atoms with Crippen molar-refractivity contribution in [1.29, 1.82) is 0 Å². The molecule has 21 heavy (non-hydrogen) atoms. The third-order valence-electron chi connectivity index (χ3n) is 3.64. The van der Waals surface area contributed by atoms with Gasteiger partial charge in [-0.15, -0.1) is 0 Å². The first kappa shape index (κ1) is 15.1. The van der Waals surface area contributed by atoms with Gasteiger partial charge in [-0.2, -0.15) is 0 Å². The monoisotopic (exact) mass is 284 g/mol. The molecule has 3 heteroatoms. The van der Waals surface area contributed by atoms with E-state index in [1.807, 2.05) is 56.3 Å². The number of ether oxygens (including phenoxy) is 1. The van der Waals surface area contributed by atoms with Crippen LogP contribution >= 0.6 is 0 Å². The molecule has 2 rings (SSSR count). The van der Waals surface area contributed by atoms with Crippen molar-refractivity contribution < 1.29 is 14.6 Å². The van der Waals surface area contributed by atoms with Gasteiger partial charge in [0.25, 0.3) is 0 Å². The van der Waals surface area contributed by atoms with E-state index in [4.69, 9.17) is 4.74 Å². The number of rotatable bonds is 5. The van der Waals surface area contributed by atoms with Crippen molar-refractivity contribution in [3.63, 3.8) is 0 Å². The van der Waals surface area contributed by atoms with Crippen LogP contribution in [0.25, 0.3) is 0 Å². The Morgan fingerprint density at radius 3 is 2.52 bits per heavy atom. The molecule has 110 valence electrons. The van der Waals surface area contributed by atoms with Gasteiger partial charge >= 0.3 is 5.97 Å². The van der Waals surface area contributed by atoms with Gasteiger partial charge in [-0.25, -0.2) is 0 Å². The predicted molar refractivity (Wildman–Crippen MR) is 83.0 cm³/mol. The molecule has 1 N–H and O–H groups in total. The summed E-state index contributed by atoms with van der Waals surface area (Å²) in [6.07, 6.45) is 0.489. The molecule has 0 aromatic heterocycles. The lowest BCUT2D eigenvalue weighted by atomic mass is 9.90. The van der Waals surface area contributed by atoms with Gasteiger partial charge in [0.1, 0.15) is 5.75 Å². The summed E-state index contributed by atoms with van der Waals surface area (Å²) in [5.74, 6) is -0.573. The van der Waals surface area contributed by atoms with E-state index in [9.17, 15) is 9.90 Å². The number of carboxylic acids is 1. The van der Waals surface area contributed by atoms with Crippen molar-refractivity contribution >= 4 is 5.97 Å². The van der Waals surface area contributed by atoms with Crippen LogP contribution in [-0.2, 0) is 11.2 Å². The number of methoxy groups -OCH3 is 1. The Labute approximate surface area is 125 Å². The van der Waals surface area contributed by atoms with Crippen LogP contribution in [0.15, 0.2) is 42.5 Å². The Bertz CT molecular complexity index is 647.